The summed E-state index contributed by atoms with van der Waals surface area (Å²) in [6.07, 6.45) is -4.90. The van der Waals surface area contributed by atoms with Gasteiger partial charge in [-0.3, -0.25) is 0 Å². The molecule has 2 N–H and O–H groups in total. The van der Waals surface area contributed by atoms with Crippen molar-refractivity contribution in [3.05, 3.63) is 16.6 Å². The fourth-order valence-corrected chi connectivity index (χ4v) is 3.56. The van der Waals surface area contributed by atoms with Crippen molar-refractivity contribution in [1.29, 1.82) is 0 Å². The highest BCUT2D eigenvalue weighted by Gasteiger charge is 2.32. The van der Waals surface area contributed by atoms with Crippen molar-refractivity contribution in [2.45, 2.75) is 11.3 Å². The summed E-state index contributed by atoms with van der Waals surface area (Å²) in [4.78, 5) is -0.506. The third-order valence-corrected chi connectivity index (χ3v) is 3.82. The number of ether oxygens (including phenoxy) is 1. The SMILES string of the molecule is Nc1cc(OC(F)(F)F)cc(Br)c1S(=O)(=O)Cl. The van der Waals surface area contributed by atoms with Gasteiger partial charge in [0.15, 0.2) is 0 Å². The van der Waals surface area contributed by atoms with E-state index in [1.165, 1.54) is 0 Å². The highest BCUT2D eigenvalue weighted by Crippen LogP contribution is 2.36. The van der Waals surface area contributed by atoms with Gasteiger partial charge in [-0.15, -0.1) is 13.2 Å². The molecule has 0 aliphatic carbocycles. The second kappa shape index (κ2) is 4.54. The van der Waals surface area contributed by atoms with E-state index in [0.29, 0.717) is 6.07 Å². The second-order valence-electron chi connectivity index (χ2n) is 2.81. The maximum atomic E-state index is 11.9. The minimum absolute atomic E-state index is 0.216. The van der Waals surface area contributed by atoms with Crippen molar-refractivity contribution >= 4 is 41.4 Å². The first-order valence-electron chi connectivity index (χ1n) is 3.80. The highest BCUT2D eigenvalue weighted by atomic mass is 79.9. The normalized spacial score (nSPS) is 12.5. The molecule has 0 fully saturated rings. The number of hydrogen-bond acceptors (Lipinski definition) is 4. The minimum atomic E-state index is -4.90. The molecule has 1 aromatic rings. The van der Waals surface area contributed by atoms with Gasteiger partial charge in [-0.25, -0.2) is 8.42 Å². The molecule has 0 aromatic heterocycles. The van der Waals surface area contributed by atoms with Crippen LogP contribution in [0, 0.1) is 0 Å². The van der Waals surface area contributed by atoms with Crippen LogP contribution in [-0.2, 0) is 9.05 Å². The average Bonchev–Trinajstić information content (AvgIpc) is 1.94. The maximum Gasteiger partial charge on any atom is 0.573 e. The summed E-state index contributed by atoms with van der Waals surface area (Å²) in [7, 11) is 0.893. The number of alkyl halides is 3. The van der Waals surface area contributed by atoms with Crippen LogP contribution in [0.15, 0.2) is 21.5 Å². The van der Waals surface area contributed by atoms with Crippen LogP contribution in [0.25, 0.3) is 0 Å². The maximum absolute atomic E-state index is 11.9. The molecule has 0 radical (unpaired) electrons. The quantitative estimate of drug-likeness (QED) is 0.655. The van der Waals surface area contributed by atoms with Crippen LogP contribution in [0.2, 0.25) is 0 Å². The van der Waals surface area contributed by atoms with Crippen LogP contribution in [-0.4, -0.2) is 14.8 Å². The zero-order valence-electron chi connectivity index (χ0n) is 7.75. The van der Waals surface area contributed by atoms with Gasteiger partial charge in [0, 0.05) is 21.2 Å². The van der Waals surface area contributed by atoms with Gasteiger partial charge in [-0.1, -0.05) is 0 Å². The Labute approximate surface area is 107 Å². The fourth-order valence-electron chi connectivity index (χ4n) is 1.04. The van der Waals surface area contributed by atoms with E-state index >= 15 is 0 Å². The number of rotatable bonds is 2. The molecule has 10 heteroatoms. The molecule has 0 bridgehead atoms. The van der Waals surface area contributed by atoms with Crippen molar-refractivity contribution < 1.29 is 26.3 Å². The number of nitrogen functional groups attached to an aromatic ring is 1. The first-order chi connectivity index (χ1) is 7.50. The predicted molar refractivity (Wildman–Crippen MR) is 58.3 cm³/mol. The highest BCUT2D eigenvalue weighted by molar-refractivity contribution is 9.10. The van der Waals surface area contributed by atoms with Crippen LogP contribution in [0.5, 0.6) is 5.75 Å². The van der Waals surface area contributed by atoms with Gasteiger partial charge in [0.2, 0.25) is 0 Å². The molecule has 1 aromatic carbocycles. The van der Waals surface area contributed by atoms with Gasteiger partial charge >= 0.3 is 6.36 Å². The zero-order chi connectivity index (χ0) is 13.4. The average molecular weight is 355 g/mol. The zero-order valence-corrected chi connectivity index (χ0v) is 10.9. The van der Waals surface area contributed by atoms with Crippen LogP contribution in [0.1, 0.15) is 0 Å². The third kappa shape index (κ3) is 3.93. The van der Waals surface area contributed by atoms with E-state index in [-0.39, 0.29) is 4.47 Å². The van der Waals surface area contributed by atoms with Crippen LogP contribution in [0.3, 0.4) is 0 Å². The van der Waals surface area contributed by atoms with Gasteiger partial charge in [-0.2, -0.15) is 0 Å². The fraction of sp³-hybridized carbons (Fsp3) is 0.143. The first-order valence-corrected chi connectivity index (χ1v) is 6.90. The predicted octanol–water partition coefficient (Wildman–Crippen LogP) is 2.86. The van der Waals surface area contributed by atoms with Gasteiger partial charge in [0.05, 0.1) is 5.69 Å². The number of benzene rings is 1. The summed E-state index contributed by atoms with van der Waals surface area (Å²) in [6.45, 7) is 0. The molecular formula is C7H4BrClF3NO3S. The summed E-state index contributed by atoms with van der Waals surface area (Å²) in [6, 6.07) is 1.52. The number of nitrogens with two attached hydrogens (primary N) is 1. The Morgan fingerprint density at radius 3 is 2.24 bits per heavy atom. The van der Waals surface area contributed by atoms with Crippen molar-refractivity contribution in [2.75, 3.05) is 5.73 Å². The topological polar surface area (TPSA) is 69.4 Å². The van der Waals surface area contributed by atoms with Crippen molar-refractivity contribution in [3.63, 3.8) is 0 Å². The molecule has 0 atom stereocenters. The lowest BCUT2D eigenvalue weighted by molar-refractivity contribution is -0.274. The summed E-state index contributed by atoms with van der Waals surface area (Å²) in [5, 5.41) is 0. The van der Waals surface area contributed by atoms with Crippen molar-refractivity contribution in [1.82, 2.24) is 0 Å². The molecule has 4 nitrogen and oxygen atoms in total. The molecule has 0 saturated carbocycles. The lowest BCUT2D eigenvalue weighted by atomic mass is 10.3. The number of halogens is 5. The second-order valence-corrected chi connectivity index (χ2v) is 6.17. The summed E-state index contributed by atoms with van der Waals surface area (Å²) < 4.78 is 61.2. The van der Waals surface area contributed by atoms with E-state index in [1.807, 2.05) is 0 Å². The van der Waals surface area contributed by atoms with E-state index in [2.05, 4.69) is 20.7 Å². The summed E-state index contributed by atoms with van der Waals surface area (Å²) >= 11 is 2.75. The largest absolute Gasteiger partial charge is 0.573 e. The van der Waals surface area contributed by atoms with Crippen LogP contribution < -0.4 is 10.5 Å². The third-order valence-electron chi connectivity index (χ3n) is 1.52. The Bertz CT molecular complexity index is 523. The molecule has 0 saturated heterocycles. The smallest absolute Gasteiger partial charge is 0.406 e. The van der Waals surface area contributed by atoms with Crippen LogP contribution >= 0.6 is 26.6 Å². The standard InChI is InChI=1S/C7H4BrClF3NO3S/c8-4-1-3(16-7(10,11)12)2-5(13)6(4)17(9,14)15/h1-2H,13H2. The first kappa shape index (κ1) is 14.4. The van der Waals surface area contributed by atoms with E-state index in [9.17, 15) is 21.6 Å². The number of anilines is 1. The van der Waals surface area contributed by atoms with Crippen LogP contribution in [0.4, 0.5) is 18.9 Å². The van der Waals surface area contributed by atoms with E-state index in [1.54, 1.807) is 0 Å². The molecule has 0 heterocycles. The number of hydrogen-bond donors (Lipinski definition) is 1. The van der Waals surface area contributed by atoms with E-state index in [0.717, 1.165) is 6.07 Å². The van der Waals surface area contributed by atoms with E-state index < -0.39 is 31.7 Å². The minimum Gasteiger partial charge on any atom is -0.406 e. The summed E-state index contributed by atoms with van der Waals surface area (Å²) in [5.74, 6) is -0.647. The molecule has 0 spiro atoms. The Hall–Kier alpha value is -0.670. The molecule has 96 valence electrons. The van der Waals surface area contributed by atoms with Gasteiger partial charge in [0.25, 0.3) is 9.05 Å². The Morgan fingerprint density at radius 1 is 1.35 bits per heavy atom. The lowest BCUT2D eigenvalue weighted by Crippen LogP contribution is -2.17. The molecule has 0 amide bonds. The Morgan fingerprint density at radius 2 is 1.88 bits per heavy atom. The van der Waals surface area contributed by atoms with Gasteiger partial charge in [-0.05, 0) is 22.0 Å². The lowest BCUT2D eigenvalue weighted by Gasteiger charge is -2.11. The van der Waals surface area contributed by atoms with Crippen molar-refractivity contribution in [2.24, 2.45) is 0 Å². The van der Waals surface area contributed by atoms with E-state index in [4.69, 9.17) is 16.4 Å². The molecule has 0 aliphatic heterocycles. The molecule has 0 unspecified atom stereocenters. The monoisotopic (exact) mass is 353 g/mol. The van der Waals surface area contributed by atoms with Gasteiger partial charge < -0.3 is 10.5 Å². The molecule has 1 rings (SSSR count). The molecule has 0 aliphatic rings. The summed E-state index contributed by atoms with van der Waals surface area (Å²) in [5.41, 5.74) is 4.84. The van der Waals surface area contributed by atoms with Crippen molar-refractivity contribution in [3.8, 4) is 5.75 Å². The molecule has 17 heavy (non-hydrogen) atoms. The Balaban J connectivity index is 3.29. The Kier molecular flexibility index (Phi) is 3.84. The molecular weight excluding hydrogens is 350 g/mol. The van der Waals surface area contributed by atoms with Gasteiger partial charge in [0.1, 0.15) is 10.6 Å².